The summed E-state index contributed by atoms with van der Waals surface area (Å²) in [7, 11) is -2.35. The standard InChI is InChI=1S/C30H37NO5S2/c1-7-23-19-31(38(33,34)27-12-10-9-11-25(27)36-23)18-22-17-21(14-13-20(22)3)28(30(4,5)29(32)35-6)26-16-15-24(8-2)37-26/h9-17,23,28H,7-8,18-19H2,1-6H3/t23-,28?/m1/s1. The molecule has 1 unspecified atom stereocenters. The first kappa shape index (κ1) is 28.3. The van der Waals surface area contributed by atoms with E-state index in [-0.39, 0.29) is 36.0 Å². The van der Waals surface area contributed by atoms with Gasteiger partial charge in [-0.1, -0.05) is 44.2 Å². The maximum atomic E-state index is 13.8. The number of benzene rings is 2. The van der Waals surface area contributed by atoms with E-state index in [0.29, 0.717) is 12.2 Å². The predicted molar refractivity (Wildman–Crippen MR) is 151 cm³/mol. The summed E-state index contributed by atoms with van der Waals surface area (Å²) in [5, 5.41) is 0. The summed E-state index contributed by atoms with van der Waals surface area (Å²) in [6, 6.07) is 17.2. The molecular weight excluding hydrogens is 518 g/mol. The molecule has 1 aliphatic heterocycles. The van der Waals surface area contributed by atoms with Gasteiger partial charge in [0, 0.05) is 22.2 Å². The molecule has 2 heterocycles. The van der Waals surface area contributed by atoms with Crippen LogP contribution in [0.2, 0.25) is 0 Å². The van der Waals surface area contributed by atoms with Crippen molar-refractivity contribution < 1.29 is 22.7 Å². The molecule has 2 aromatic carbocycles. The summed E-state index contributed by atoms with van der Waals surface area (Å²) >= 11 is 1.70. The summed E-state index contributed by atoms with van der Waals surface area (Å²) in [6.45, 7) is 10.4. The second-order valence-corrected chi connectivity index (χ2v) is 13.5. The minimum Gasteiger partial charge on any atom is -0.488 e. The fraction of sp³-hybridized carbons (Fsp3) is 0.433. The third kappa shape index (κ3) is 5.40. The first-order valence-corrected chi connectivity index (χ1v) is 15.3. The Morgan fingerprint density at radius 3 is 2.55 bits per heavy atom. The van der Waals surface area contributed by atoms with Crippen molar-refractivity contribution in [2.45, 2.75) is 70.9 Å². The molecule has 0 spiro atoms. The summed E-state index contributed by atoms with van der Waals surface area (Å²) in [5.74, 6) is -0.129. The molecule has 0 aliphatic carbocycles. The average molecular weight is 556 g/mol. The van der Waals surface area contributed by atoms with Gasteiger partial charge in [0.05, 0.1) is 19.1 Å². The van der Waals surface area contributed by atoms with E-state index in [0.717, 1.165) is 28.0 Å². The number of carbonyl (C=O) groups is 1. The Morgan fingerprint density at radius 2 is 1.89 bits per heavy atom. The Hall–Kier alpha value is -2.68. The van der Waals surface area contributed by atoms with Gasteiger partial charge in [0.25, 0.3) is 0 Å². The second-order valence-electron chi connectivity index (χ2n) is 10.4. The molecule has 0 N–H and O–H groups in total. The molecule has 2 atom stereocenters. The molecule has 0 bridgehead atoms. The van der Waals surface area contributed by atoms with Gasteiger partial charge in [0.15, 0.2) is 0 Å². The van der Waals surface area contributed by atoms with Crippen molar-refractivity contribution in [1.29, 1.82) is 0 Å². The van der Waals surface area contributed by atoms with Crippen LogP contribution in [0.4, 0.5) is 0 Å². The molecule has 0 saturated heterocycles. The van der Waals surface area contributed by atoms with Crippen molar-refractivity contribution in [3.63, 3.8) is 0 Å². The lowest BCUT2D eigenvalue weighted by Crippen LogP contribution is -2.36. The zero-order valence-electron chi connectivity index (χ0n) is 23.0. The molecule has 6 nitrogen and oxygen atoms in total. The summed E-state index contributed by atoms with van der Waals surface area (Å²) in [4.78, 5) is 15.5. The maximum Gasteiger partial charge on any atom is 0.312 e. The molecule has 1 aromatic heterocycles. The van der Waals surface area contributed by atoms with Crippen LogP contribution >= 0.6 is 11.3 Å². The molecule has 0 fully saturated rings. The third-order valence-electron chi connectivity index (χ3n) is 7.43. The van der Waals surface area contributed by atoms with Gasteiger partial charge >= 0.3 is 5.97 Å². The van der Waals surface area contributed by atoms with Gasteiger partial charge in [-0.15, -0.1) is 11.3 Å². The van der Waals surface area contributed by atoms with E-state index in [1.165, 1.54) is 16.3 Å². The number of hydrogen-bond donors (Lipinski definition) is 0. The Kier molecular flexibility index (Phi) is 8.35. The lowest BCUT2D eigenvalue weighted by atomic mass is 9.73. The average Bonchev–Trinajstić information content (AvgIpc) is 3.33. The maximum absolute atomic E-state index is 13.8. The second kappa shape index (κ2) is 11.2. The Morgan fingerprint density at radius 1 is 1.16 bits per heavy atom. The number of ether oxygens (including phenoxy) is 2. The highest BCUT2D eigenvalue weighted by molar-refractivity contribution is 7.89. The van der Waals surface area contributed by atoms with Gasteiger partial charge in [-0.05, 0) is 74.6 Å². The van der Waals surface area contributed by atoms with Crippen LogP contribution in [0.25, 0.3) is 0 Å². The van der Waals surface area contributed by atoms with Crippen LogP contribution in [0.5, 0.6) is 5.75 Å². The van der Waals surface area contributed by atoms with Gasteiger partial charge < -0.3 is 9.47 Å². The number of nitrogens with zero attached hydrogens (tertiary/aromatic N) is 1. The highest BCUT2D eigenvalue weighted by Gasteiger charge is 2.41. The topological polar surface area (TPSA) is 72.9 Å². The number of methoxy groups -OCH3 is 1. The molecule has 8 heteroatoms. The third-order valence-corrected chi connectivity index (χ3v) is 10.6. The Bertz CT molecular complexity index is 1410. The van der Waals surface area contributed by atoms with Gasteiger partial charge in [-0.25, -0.2) is 8.42 Å². The number of hydrogen-bond acceptors (Lipinski definition) is 6. The SMILES string of the molecule is CCc1ccc(C(c2ccc(C)c(CN3C[C@@H](CC)Oc4ccccc4S3(=O)=O)c2)C(C)(C)C(=O)OC)s1. The van der Waals surface area contributed by atoms with Crippen LogP contribution in [0.3, 0.4) is 0 Å². The molecule has 204 valence electrons. The monoisotopic (exact) mass is 555 g/mol. The van der Waals surface area contributed by atoms with Crippen molar-refractivity contribution in [2.24, 2.45) is 5.41 Å². The molecule has 0 amide bonds. The van der Waals surface area contributed by atoms with Crippen LogP contribution in [0, 0.1) is 12.3 Å². The molecule has 1 aliphatic rings. The van der Waals surface area contributed by atoms with E-state index >= 15 is 0 Å². The number of carbonyl (C=O) groups excluding carboxylic acids is 1. The first-order chi connectivity index (χ1) is 18.0. The van der Waals surface area contributed by atoms with Crippen LogP contribution < -0.4 is 4.74 Å². The number of esters is 1. The fourth-order valence-electron chi connectivity index (χ4n) is 5.09. The lowest BCUT2D eigenvalue weighted by molar-refractivity contribution is -0.151. The van der Waals surface area contributed by atoms with E-state index in [1.807, 2.05) is 39.8 Å². The minimum atomic E-state index is -3.77. The van der Waals surface area contributed by atoms with E-state index in [2.05, 4.69) is 25.1 Å². The van der Waals surface area contributed by atoms with Crippen LogP contribution in [0.15, 0.2) is 59.5 Å². The number of rotatable bonds is 8. The number of fused-ring (bicyclic) bond motifs is 1. The zero-order chi connectivity index (χ0) is 27.7. The van der Waals surface area contributed by atoms with E-state index < -0.39 is 15.4 Å². The largest absolute Gasteiger partial charge is 0.488 e. The van der Waals surface area contributed by atoms with Gasteiger partial charge in [0.1, 0.15) is 16.7 Å². The quantitative estimate of drug-likeness (QED) is 0.305. The van der Waals surface area contributed by atoms with E-state index in [1.54, 1.807) is 35.6 Å². The Labute approximate surface area is 230 Å². The first-order valence-electron chi connectivity index (χ1n) is 13.0. The highest BCUT2D eigenvalue weighted by atomic mass is 32.2. The lowest BCUT2D eigenvalue weighted by Gasteiger charge is -2.32. The zero-order valence-corrected chi connectivity index (χ0v) is 24.6. The van der Waals surface area contributed by atoms with Gasteiger partial charge in [-0.2, -0.15) is 4.31 Å². The summed E-state index contributed by atoms with van der Waals surface area (Å²) < 4.78 is 40.3. The number of para-hydroxylation sites is 1. The number of sulfonamides is 1. The summed E-state index contributed by atoms with van der Waals surface area (Å²) in [6.07, 6.45) is 1.36. The van der Waals surface area contributed by atoms with Crippen molar-refractivity contribution >= 4 is 27.3 Å². The number of thiophene rings is 1. The van der Waals surface area contributed by atoms with E-state index in [9.17, 15) is 13.2 Å². The molecule has 3 aromatic rings. The van der Waals surface area contributed by atoms with Crippen LogP contribution in [0.1, 0.15) is 66.5 Å². The Balaban J connectivity index is 1.78. The van der Waals surface area contributed by atoms with Gasteiger partial charge in [-0.3, -0.25) is 4.79 Å². The van der Waals surface area contributed by atoms with Gasteiger partial charge in [0.2, 0.25) is 10.0 Å². The highest BCUT2D eigenvalue weighted by Crippen LogP contribution is 2.45. The predicted octanol–water partition coefficient (Wildman–Crippen LogP) is 6.31. The minimum absolute atomic E-state index is 0.195. The summed E-state index contributed by atoms with van der Waals surface area (Å²) in [5.41, 5.74) is 2.02. The molecule has 0 radical (unpaired) electrons. The molecular formula is C30H37NO5S2. The molecule has 38 heavy (non-hydrogen) atoms. The van der Waals surface area contributed by atoms with Crippen molar-refractivity contribution in [1.82, 2.24) is 4.31 Å². The van der Waals surface area contributed by atoms with Crippen LogP contribution in [-0.4, -0.2) is 38.5 Å². The van der Waals surface area contributed by atoms with Crippen LogP contribution in [-0.2, 0) is 32.5 Å². The van der Waals surface area contributed by atoms with Crippen molar-refractivity contribution in [3.05, 3.63) is 81.0 Å². The smallest absolute Gasteiger partial charge is 0.312 e. The molecule has 0 saturated carbocycles. The van der Waals surface area contributed by atoms with Crippen molar-refractivity contribution in [2.75, 3.05) is 13.7 Å². The number of aryl methyl sites for hydroxylation is 2. The fourth-order valence-corrected chi connectivity index (χ4v) is 7.93. The molecule has 4 rings (SSSR count). The van der Waals surface area contributed by atoms with E-state index in [4.69, 9.17) is 9.47 Å². The normalized spacial score (nSPS) is 18.2. The van der Waals surface area contributed by atoms with Crippen molar-refractivity contribution in [3.8, 4) is 5.75 Å².